The molecule has 6 nitrogen and oxygen atoms in total. The van der Waals surface area contributed by atoms with Crippen LogP contribution in [0.3, 0.4) is 0 Å². The van der Waals surface area contributed by atoms with Crippen LogP contribution in [0, 0.1) is 17.8 Å². The van der Waals surface area contributed by atoms with Crippen LogP contribution in [0.25, 0.3) is 0 Å². The third kappa shape index (κ3) is 3.66. The Kier molecular flexibility index (Phi) is 4.50. The number of nitrogens with two attached hydrogens (primary N) is 1. The quantitative estimate of drug-likeness (QED) is 0.717. The number of aliphatic imine (C=N–C) groups is 2. The lowest BCUT2D eigenvalue weighted by Crippen LogP contribution is -2.61. The first-order valence-electron chi connectivity index (χ1n) is 9.71. The fourth-order valence-corrected chi connectivity index (χ4v) is 3.91. The van der Waals surface area contributed by atoms with Gasteiger partial charge in [0.05, 0.1) is 6.04 Å². The topological polar surface area (TPSA) is 87.7 Å². The number of guanidine groups is 2. The third-order valence-corrected chi connectivity index (χ3v) is 5.97. The molecule has 2 fully saturated rings. The molecule has 1 aromatic rings. The monoisotopic (exact) mass is 394 g/mol. The van der Waals surface area contributed by atoms with Crippen LogP contribution < -0.4 is 16.4 Å². The highest BCUT2D eigenvalue weighted by atomic mass is 19.4. The van der Waals surface area contributed by atoms with E-state index in [0.29, 0.717) is 23.4 Å². The van der Waals surface area contributed by atoms with E-state index in [0.717, 1.165) is 31.7 Å². The predicted octanol–water partition coefficient (Wildman–Crippen LogP) is 2.96. The van der Waals surface area contributed by atoms with Crippen molar-refractivity contribution in [1.29, 1.82) is 0 Å². The Labute approximate surface area is 161 Å². The second kappa shape index (κ2) is 6.63. The number of halogens is 3. The normalized spacial score (nSPS) is 28.9. The van der Waals surface area contributed by atoms with Gasteiger partial charge in [-0.1, -0.05) is 6.92 Å². The number of aromatic nitrogens is 1. The Morgan fingerprint density at radius 3 is 2.50 bits per heavy atom. The fraction of sp³-hybridized carbons (Fsp3) is 0.632. The van der Waals surface area contributed by atoms with Gasteiger partial charge in [0.25, 0.3) is 0 Å². The summed E-state index contributed by atoms with van der Waals surface area (Å²) in [7, 11) is 0. The van der Waals surface area contributed by atoms with E-state index in [1.54, 1.807) is 6.07 Å². The van der Waals surface area contributed by atoms with Crippen LogP contribution in [0.1, 0.15) is 50.8 Å². The zero-order valence-electron chi connectivity index (χ0n) is 15.9. The van der Waals surface area contributed by atoms with Gasteiger partial charge in [-0.3, -0.25) is 10.3 Å². The molecule has 0 saturated heterocycles. The lowest BCUT2D eigenvalue weighted by Gasteiger charge is -2.41. The second-order valence-electron chi connectivity index (χ2n) is 8.12. The smallest absolute Gasteiger partial charge is 0.370 e. The Hall–Kier alpha value is -2.32. The number of nitrogens with one attached hydrogen (secondary N) is 2. The Morgan fingerprint density at radius 2 is 1.89 bits per heavy atom. The fourth-order valence-electron chi connectivity index (χ4n) is 3.91. The lowest BCUT2D eigenvalue weighted by molar-refractivity contribution is -0.141. The van der Waals surface area contributed by atoms with Gasteiger partial charge in [-0.2, -0.15) is 13.2 Å². The first kappa shape index (κ1) is 19.0. The van der Waals surface area contributed by atoms with Gasteiger partial charge in [-0.25, -0.2) is 9.98 Å². The van der Waals surface area contributed by atoms with E-state index >= 15 is 0 Å². The highest BCUT2D eigenvalue weighted by molar-refractivity contribution is 6.00. The zero-order chi connectivity index (χ0) is 20.1. The van der Waals surface area contributed by atoms with Crippen LogP contribution in [0.4, 0.5) is 13.2 Å². The van der Waals surface area contributed by atoms with E-state index in [2.05, 4.69) is 20.6 Å². The summed E-state index contributed by atoms with van der Waals surface area (Å²) in [5, 5.41) is 6.25. The van der Waals surface area contributed by atoms with Crippen LogP contribution in [-0.2, 0) is 11.8 Å². The molecule has 0 aromatic carbocycles. The summed E-state index contributed by atoms with van der Waals surface area (Å²) < 4.78 is 39.8. The summed E-state index contributed by atoms with van der Waals surface area (Å²) in [5.41, 5.74) is 4.41. The maximum absolute atomic E-state index is 13.3. The maximum Gasteiger partial charge on any atom is 0.433 e. The summed E-state index contributed by atoms with van der Waals surface area (Å²) in [6, 6.07) is 2.75. The van der Waals surface area contributed by atoms with E-state index in [4.69, 9.17) is 10.7 Å². The van der Waals surface area contributed by atoms with E-state index in [9.17, 15) is 13.2 Å². The van der Waals surface area contributed by atoms with Crippen LogP contribution in [0.15, 0.2) is 28.3 Å². The minimum absolute atomic E-state index is 0.0573. The summed E-state index contributed by atoms with van der Waals surface area (Å²) >= 11 is 0. The standard InChI is InChI=1S/C19H25F3N6/c1-10(12-3-4-12)18(14-7-8-24-15(9-14)19(20,21)22)27-16(23)26-17(28-18)25-11(2)13-5-6-13/h7-13H,3-6H2,1-2H3,(H4,23,25,26,27,28)/t10-,11-,18?/m1/s1. The van der Waals surface area contributed by atoms with Gasteiger partial charge in [0.2, 0.25) is 5.96 Å². The van der Waals surface area contributed by atoms with Crippen molar-refractivity contribution in [2.24, 2.45) is 33.5 Å². The van der Waals surface area contributed by atoms with Crippen molar-refractivity contribution < 1.29 is 13.2 Å². The second-order valence-corrected chi connectivity index (χ2v) is 8.12. The van der Waals surface area contributed by atoms with Gasteiger partial charge in [0, 0.05) is 17.7 Å². The van der Waals surface area contributed by atoms with E-state index < -0.39 is 17.5 Å². The zero-order valence-corrected chi connectivity index (χ0v) is 15.9. The molecule has 0 amide bonds. The molecule has 152 valence electrons. The molecule has 4 N–H and O–H groups in total. The first-order chi connectivity index (χ1) is 13.2. The Bertz CT molecular complexity index is 812. The summed E-state index contributed by atoms with van der Waals surface area (Å²) in [6.45, 7) is 4.04. The number of rotatable bonds is 5. The largest absolute Gasteiger partial charge is 0.433 e. The molecule has 1 aliphatic heterocycles. The highest BCUT2D eigenvalue weighted by Gasteiger charge is 2.49. The van der Waals surface area contributed by atoms with E-state index in [1.165, 1.54) is 6.20 Å². The number of alkyl halides is 3. The molecule has 4 rings (SSSR count). The predicted molar refractivity (Wildman–Crippen MR) is 100 cm³/mol. The number of hydrogen-bond donors (Lipinski definition) is 3. The van der Waals surface area contributed by atoms with Gasteiger partial charge >= 0.3 is 6.18 Å². The summed E-state index contributed by atoms with van der Waals surface area (Å²) in [6.07, 6.45) is 0.984. The van der Waals surface area contributed by atoms with Gasteiger partial charge in [0.1, 0.15) is 5.69 Å². The molecule has 3 aliphatic rings. The molecule has 2 heterocycles. The van der Waals surface area contributed by atoms with Crippen molar-refractivity contribution >= 4 is 11.9 Å². The molecular formula is C19H25F3N6. The Balaban J connectivity index is 1.77. The molecule has 9 heteroatoms. The van der Waals surface area contributed by atoms with Crippen molar-refractivity contribution in [2.75, 3.05) is 0 Å². The molecular weight excluding hydrogens is 369 g/mol. The van der Waals surface area contributed by atoms with Crippen molar-refractivity contribution in [2.45, 2.75) is 57.4 Å². The molecule has 0 radical (unpaired) electrons. The molecule has 0 spiro atoms. The molecule has 1 aromatic heterocycles. The van der Waals surface area contributed by atoms with Gasteiger partial charge < -0.3 is 11.1 Å². The summed E-state index contributed by atoms with van der Waals surface area (Å²) in [4.78, 5) is 12.8. The number of pyridine rings is 1. The van der Waals surface area contributed by atoms with Crippen LogP contribution in [0.5, 0.6) is 0 Å². The van der Waals surface area contributed by atoms with Gasteiger partial charge in [-0.05, 0) is 56.6 Å². The SMILES string of the molecule is C[C@H](C1CC1)C1(c2ccnc(C(F)(F)F)c2)N=C(N)NC(=N[C@H](C)C2CC2)N1. The van der Waals surface area contributed by atoms with Crippen molar-refractivity contribution in [1.82, 2.24) is 15.6 Å². The van der Waals surface area contributed by atoms with Crippen molar-refractivity contribution in [3.63, 3.8) is 0 Å². The van der Waals surface area contributed by atoms with Crippen LogP contribution in [-0.4, -0.2) is 22.9 Å². The van der Waals surface area contributed by atoms with Crippen molar-refractivity contribution in [3.05, 3.63) is 29.6 Å². The molecule has 2 saturated carbocycles. The molecule has 0 bridgehead atoms. The number of hydrogen-bond acceptors (Lipinski definition) is 4. The van der Waals surface area contributed by atoms with Crippen LogP contribution >= 0.6 is 0 Å². The lowest BCUT2D eigenvalue weighted by atomic mass is 9.83. The highest BCUT2D eigenvalue weighted by Crippen LogP contribution is 2.47. The van der Waals surface area contributed by atoms with Crippen molar-refractivity contribution in [3.8, 4) is 0 Å². The summed E-state index contributed by atoms with van der Waals surface area (Å²) in [5.74, 6) is 1.47. The molecule has 3 atom stereocenters. The number of nitrogens with zero attached hydrogens (tertiary/aromatic N) is 3. The maximum atomic E-state index is 13.3. The average Bonchev–Trinajstić information content (AvgIpc) is 3.52. The first-order valence-corrected chi connectivity index (χ1v) is 9.71. The van der Waals surface area contributed by atoms with Crippen LogP contribution in [0.2, 0.25) is 0 Å². The van der Waals surface area contributed by atoms with E-state index in [1.807, 2.05) is 13.8 Å². The minimum Gasteiger partial charge on any atom is -0.370 e. The Morgan fingerprint density at radius 1 is 1.21 bits per heavy atom. The molecule has 1 unspecified atom stereocenters. The van der Waals surface area contributed by atoms with Gasteiger partial charge in [-0.15, -0.1) is 0 Å². The van der Waals surface area contributed by atoms with E-state index in [-0.39, 0.29) is 17.9 Å². The third-order valence-electron chi connectivity index (χ3n) is 5.97. The molecule has 28 heavy (non-hydrogen) atoms. The van der Waals surface area contributed by atoms with Gasteiger partial charge in [0.15, 0.2) is 11.6 Å². The minimum atomic E-state index is -4.53. The average molecular weight is 394 g/mol. The molecule has 2 aliphatic carbocycles.